The Morgan fingerprint density at radius 1 is 1.11 bits per heavy atom. The van der Waals surface area contributed by atoms with Crippen LogP contribution in [0.15, 0.2) is 89.0 Å². The van der Waals surface area contributed by atoms with E-state index in [-0.39, 0.29) is 11.7 Å². The molecule has 1 N–H and O–H groups in total. The van der Waals surface area contributed by atoms with E-state index in [1.807, 2.05) is 47.0 Å². The first kappa shape index (κ1) is 24.0. The second-order valence-corrected chi connectivity index (χ2v) is 10.4. The van der Waals surface area contributed by atoms with Crippen LogP contribution in [-0.2, 0) is 11.3 Å². The maximum atomic E-state index is 12.8. The molecule has 0 unspecified atom stereocenters. The molecular formula is C27H21N7O2S2. The molecule has 0 radical (unpaired) electrons. The van der Waals surface area contributed by atoms with Gasteiger partial charge in [-0.05, 0) is 61.0 Å². The Hall–Kier alpha value is -4.35. The standard InChI is InChI=1S/C27H21N7O2S2/c1-17-4-9-21-23(13-17)38-26(31-21)18-5-7-19(8-6-18)30-24(35)16-37-27-33-32-25(22-14-28-10-11-29-22)34(27)15-20-3-2-12-36-20/h2-14H,15-16H2,1H3,(H,30,35). The molecule has 38 heavy (non-hydrogen) atoms. The number of aryl methyl sites for hydroxylation is 1. The number of fused-ring (bicyclic) bond motifs is 1. The maximum absolute atomic E-state index is 12.8. The van der Waals surface area contributed by atoms with Crippen LogP contribution in [-0.4, -0.2) is 41.4 Å². The number of thioether (sulfide) groups is 1. The van der Waals surface area contributed by atoms with Gasteiger partial charge in [-0.25, -0.2) is 9.97 Å². The summed E-state index contributed by atoms with van der Waals surface area (Å²) in [5.41, 5.74) is 4.53. The number of hydrogen-bond acceptors (Lipinski definition) is 9. The van der Waals surface area contributed by atoms with Gasteiger partial charge < -0.3 is 9.73 Å². The summed E-state index contributed by atoms with van der Waals surface area (Å²) >= 11 is 2.96. The molecule has 188 valence electrons. The molecule has 0 bridgehead atoms. The van der Waals surface area contributed by atoms with Gasteiger partial charge in [0.05, 0.1) is 35.0 Å². The van der Waals surface area contributed by atoms with E-state index in [1.54, 1.807) is 36.2 Å². The lowest BCUT2D eigenvalue weighted by atomic mass is 10.2. The van der Waals surface area contributed by atoms with Crippen molar-refractivity contribution in [1.29, 1.82) is 0 Å². The molecule has 0 saturated heterocycles. The summed E-state index contributed by atoms with van der Waals surface area (Å²) in [6.45, 7) is 2.48. The van der Waals surface area contributed by atoms with E-state index in [9.17, 15) is 4.79 Å². The molecule has 4 heterocycles. The fourth-order valence-electron chi connectivity index (χ4n) is 3.88. The van der Waals surface area contributed by atoms with Crippen LogP contribution in [0.5, 0.6) is 0 Å². The Morgan fingerprint density at radius 3 is 2.79 bits per heavy atom. The molecule has 0 spiro atoms. The average Bonchev–Trinajstić information content (AvgIpc) is 3.69. The minimum Gasteiger partial charge on any atom is -0.467 e. The number of hydrogen-bond donors (Lipinski definition) is 1. The predicted molar refractivity (Wildman–Crippen MR) is 148 cm³/mol. The highest BCUT2D eigenvalue weighted by atomic mass is 32.2. The van der Waals surface area contributed by atoms with Crippen LogP contribution in [0.25, 0.3) is 32.3 Å². The number of anilines is 1. The van der Waals surface area contributed by atoms with Crippen LogP contribution < -0.4 is 5.32 Å². The number of nitrogens with one attached hydrogen (secondary N) is 1. The molecular weight excluding hydrogens is 518 g/mol. The first-order valence-electron chi connectivity index (χ1n) is 11.7. The smallest absolute Gasteiger partial charge is 0.234 e. The van der Waals surface area contributed by atoms with Crippen LogP contribution in [0.3, 0.4) is 0 Å². The van der Waals surface area contributed by atoms with Crippen LogP contribution >= 0.6 is 23.1 Å². The first-order chi connectivity index (χ1) is 18.6. The van der Waals surface area contributed by atoms with Gasteiger partial charge in [0, 0.05) is 23.6 Å². The van der Waals surface area contributed by atoms with Crippen molar-refractivity contribution in [2.75, 3.05) is 11.1 Å². The topological polar surface area (TPSA) is 112 Å². The van der Waals surface area contributed by atoms with Crippen molar-refractivity contribution in [2.45, 2.75) is 18.6 Å². The van der Waals surface area contributed by atoms with E-state index in [0.717, 1.165) is 26.5 Å². The molecule has 0 atom stereocenters. The van der Waals surface area contributed by atoms with Crippen molar-refractivity contribution in [2.24, 2.45) is 0 Å². The highest BCUT2D eigenvalue weighted by molar-refractivity contribution is 7.99. The van der Waals surface area contributed by atoms with Gasteiger partial charge in [0.1, 0.15) is 16.5 Å². The highest BCUT2D eigenvalue weighted by Gasteiger charge is 2.18. The van der Waals surface area contributed by atoms with Crippen molar-refractivity contribution >= 4 is 44.9 Å². The van der Waals surface area contributed by atoms with Crippen molar-refractivity contribution in [3.8, 4) is 22.1 Å². The Morgan fingerprint density at radius 2 is 2.00 bits per heavy atom. The summed E-state index contributed by atoms with van der Waals surface area (Å²) in [5.74, 6) is 1.31. The predicted octanol–water partition coefficient (Wildman–Crippen LogP) is 5.69. The fraction of sp³-hybridized carbons (Fsp3) is 0.111. The Bertz CT molecular complexity index is 1700. The molecule has 0 aliphatic carbocycles. The van der Waals surface area contributed by atoms with Crippen LogP contribution in [0.2, 0.25) is 0 Å². The zero-order chi connectivity index (χ0) is 25.9. The van der Waals surface area contributed by atoms with E-state index in [1.165, 1.54) is 17.3 Å². The van der Waals surface area contributed by atoms with E-state index < -0.39 is 0 Å². The van der Waals surface area contributed by atoms with Crippen LogP contribution in [0.1, 0.15) is 11.3 Å². The minimum absolute atomic E-state index is 0.146. The monoisotopic (exact) mass is 539 g/mol. The lowest BCUT2D eigenvalue weighted by molar-refractivity contribution is -0.113. The van der Waals surface area contributed by atoms with Crippen LogP contribution in [0.4, 0.5) is 5.69 Å². The number of thiazole rings is 1. The third-order valence-corrected chi connectivity index (χ3v) is 7.73. The Labute approximate surface area is 226 Å². The van der Waals surface area contributed by atoms with E-state index in [4.69, 9.17) is 9.40 Å². The third-order valence-electron chi connectivity index (χ3n) is 5.70. The molecule has 0 aliphatic heterocycles. The van der Waals surface area contributed by atoms with E-state index in [2.05, 4.69) is 44.5 Å². The summed E-state index contributed by atoms with van der Waals surface area (Å²) in [6.07, 6.45) is 6.45. The molecule has 6 rings (SSSR count). The number of carbonyl (C=O) groups is 1. The van der Waals surface area contributed by atoms with Crippen LogP contribution in [0, 0.1) is 6.92 Å². The number of nitrogens with zero attached hydrogens (tertiary/aromatic N) is 6. The quantitative estimate of drug-likeness (QED) is 0.246. The van der Waals surface area contributed by atoms with E-state index >= 15 is 0 Å². The van der Waals surface area contributed by atoms with Crippen molar-refractivity contribution < 1.29 is 9.21 Å². The van der Waals surface area contributed by atoms with Gasteiger partial charge in [-0.15, -0.1) is 21.5 Å². The number of benzene rings is 2. The van der Waals surface area contributed by atoms with Gasteiger partial charge >= 0.3 is 0 Å². The zero-order valence-electron chi connectivity index (χ0n) is 20.2. The van der Waals surface area contributed by atoms with Gasteiger partial charge in [-0.3, -0.25) is 14.3 Å². The molecule has 2 aromatic carbocycles. The molecule has 9 nitrogen and oxygen atoms in total. The normalized spacial score (nSPS) is 11.2. The highest BCUT2D eigenvalue weighted by Crippen LogP contribution is 2.31. The summed E-state index contributed by atoms with van der Waals surface area (Å²) in [7, 11) is 0. The van der Waals surface area contributed by atoms with Gasteiger partial charge in [-0.2, -0.15) is 0 Å². The molecule has 4 aromatic heterocycles. The molecule has 1 amide bonds. The minimum atomic E-state index is -0.146. The number of rotatable bonds is 8. The number of aromatic nitrogens is 6. The van der Waals surface area contributed by atoms with Crippen molar-refractivity contribution in [3.63, 3.8) is 0 Å². The largest absolute Gasteiger partial charge is 0.467 e. The molecule has 0 saturated carbocycles. The second kappa shape index (κ2) is 10.6. The Balaban J connectivity index is 1.13. The van der Waals surface area contributed by atoms with Gasteiger partial charge in [0.2, 0.25) is 5.91 Å². The van der Waals surface area contributed by atoms with Gasteiger partial charge in [0.25, 0.3) is 0 Å². The summed E-state index contributed by atoms with van der Waals surface area (Å²) < 4.78 is 8.55. The summed E-state index contributed by atoms with van der Waals surface area (Å²) in [4.78, 5) is 26.0. The SMILES string of the molecule is Cc1ccc2nc(-c3ccc(NC(=O)CSc4nnc(-c5cnccn5)n4Cc4ccco4)cc3)sc2c1. The summed E-state index contributed by atoms with van der Waals surface area (Å²) in [6, 6.07) is 17.7. The second-order valence-electron chi connectivity index (χ2n) is 8.47. The van der Waals surface area contributed by atoms with Crippen molar-refractivity contribution in [3.05, 3.63) is 90.8 Å². The Kier molecular flexibility index (Phi) is 6.67. The third kappa shape index (κ3) is 5.20. The lowest BCUT2D eigenvalue weighted by Gasteiger charge is -2.09. The summed E-state index contributed by atoms with van der Waals surface area (Å²) in [5, 5.41) is 13.1. The lowest BCUT2D eigenvalue weighted by Crippen LogP contribution is -2.14. The molecule has 0 aliphatic rings. The number of furan rings is 1. The molecule has 11 heteroatoms. The molecule has 6 aromatic rings. The maximum Gasteiger partial charge on any atom is 0.234 e. The first-order valence-corrected chi connectivity index (χ1v) is 13.5. The average molecular weight is 540 g/mol. The van der Waals surface area contributed by atoms with Crippen molar-refractivity contribution in [1.82, 2.24) is 29.7 Å². The molecule has 0 fully saturated rings. The van der Waals surface area contributed by atoms with E-state index in [0.29, 0.717) is 28.9 Å². The number of amides is 1. The number of carbonyl (C=O) groups excluding carboxylic acids is 1. The van der Waals surface area contributed by atoms with Gasteiger partial charge in [-0.1, -0.05) is 17.8 Å². The fourth-order valence-corrected chi connectivity index (χ4v) is 5.69. The van der Waals surface area contributed by atoms with Gasteiger partial charge in [0.15, 0.2) is 11.0 Å². The zero-order valence-corrected chi connectivity index (χ0v) is 21.9.